The van der Waals surface area contributed by atoms with Crippen LogP contribution in [0, 0.1) is 5.92 Å². The minimum atomic E-state index is 0.415. The molecule has 1 fully saturated rings. The first-order valence-corrected chi connectivity index (χ1v) is 9.99. The average molecular weight is 313 g/mol. The van der Waals surface area contributed by atoms with E-state index in [0.717, 1.165) is 5.92 Å². The zero-order valence-electron chi connectivity index (χ0n) is 15.4. The lowest BCUT2D eigenvalue weighted by molar-refractivity contribution is -0.130. The van der Waals surface area contributed by atoms with Gasteiger partial charge in [-0.15, -0.1) is 0 Å². The molecule has 1 atom stereocenters. The van der Waals surface area contributed by atoms with E-state index in [0.29, 0.717) is 19.0 Å². The summed E-state index contributed by atoms with van der Waals surface area (Å²) in [6, 6.07) is 0. The summed E-state index contributed by atoms with van der Waals surface area (Å²) < 4.78 is 12.0. The van der Waals surface area contributed by atoms with Gasteiger partial charge in [0.1, 0.15) is 6.79 Å². The zero-order chi connectivity index (χ0) is 16.0. The summed E-state index contributed by atoms with van der Waals surface area (Å²) >= 11 is 0. The van der Waals surface area contributed by atoms with Gasteiger partial charge >= 0.3 is 0 Å². The van der Waals surface area contributed by atoms with E-state index in [-0.39, 0.29) is 0 Å². The number of unbranched alkanes of at least 4 members (excludes halogenated alkanes) is 5. The summed E-state index contributed by atoms with van der Waals surface area (Å²) in [6.07, 6.45) is 17.8. The Kier molecular flexibility index (Phi) is 12.1. The van der Waals surface area contributed by atoms with E-state index in [9.17, 15) is 0 Å². The third-order valence-corrected chi connectivity index (χ3v) is 5.06. The van der Waals surface area contributed by atoms with Crippen LogP contribution in [0.15, 0.2) is 0 Å². The Morgan fingerprint density at radius 3 is 2.18 bits per heavy atom. The van der Waals surface area contributed by atoms with E-state index in [4.69, 9.17) is 9.47 Å². The molecule has 2 heteroatoms. The predicted molar refractivity (Wildman–Crippen MR) is 95.1 cm³/mol. The van der Waals surface area contributed by atoms with Crippen molar-refractivity contribution in [3.63, 3.8) is 0 Å². The fourth-order valence-electron chi connectivity index (χ4n) is 3.41. The largest absolute Gasteiger partial charge is 0.352 e. The van der Waals surface area contributed by atoms with Crippen LogP contribution < -0.4 is 0 Å². The van der Waals surface area contributed by atoms with Crippen molar-refractivity contribution >= 4 is 0 Å². The number of rotatable bonds is 13. The molecule has 0 heterocycles. The Labute approximate surface area is 139 Å². The van der Waals surface area contributed by atoms with E-state index in [1.165, 1.54) is 83.5 Å². The molecule has 132 valence electrons. The van der Waals surface area contributed by atoms with Crippen LogP contribution in [-0.4, -0.2) is 19.0 Å². The first-order valence-electron chi connectivity index (χ1n) is 9.99. The molecule has 0 aromatic rings. The maximum atomic E-state index is 6.02. The van der Waals surface area contributed by atoms with Gasteiger partial charge in [0.15, 0.2) is 0 Å². The van der Waals surface area contributed by atoms with Crippen molar-refractivity contribution in [1.29, 1.82) is 0 Å². The van der Waals surface area contributed by atoms with Gasteiger partial charge in [0.2, 0.25) is 0 Å². The van der Waals surface area contributed by atoms with Crippen LogP contribution >= 0.6 is 0 Å². The molecule has 1 aliphatic carbocycles. The van der Waals surface area contributed by atoms with Gasteiger partial charge in [-0.25, -0.2) is 0 Å². The Morgan fingerprint density at radius 2 is 1.50 bits per heavy atom. The molecule has 1 saturated carbocycles. The minimum Gasteiger partial charge on any atom is -0.352 e. The van der Waals surface area contributed by atoms with Crippen LogP contribution in [0.5, 0.6) is 0 Å². The lowest BCUT2D eigenvalue weighted by atomic mass is 9.89. The molecule has 0 spiro atoms. The summed E-state index contributed by atoms with van der Waals surface area (Å²) in [7, 11) is 0. The molecular formula is C20H40O2. The third-order valence-electron chi connectivity index (χ3n) is 5.06. The molecule has 1 rings (SSSR count). The molecule has 0 unspecified atom stereocenters. The van der Waals surface area contributed by atoms with Gasteiger partial charge in [-0.3, -0.25) is 0 Å². The average Bonchev–Trinajstić information content (AvgIpc) is 2.52. The SMILES string of the molecule is CCCCCCCC[C@@H](CCC)OCOC1CCC(C)CC1. The molecule has 1 aliphatic rings. The molecule has 2 nitrogen and oxygen atoms in total. The number of ether oxygens (including phenoxy) is 2. The highest BCUT2D eigenvalue weighted by molar-refractivity contribution is 4.69. The summed E-state index contributed by atoms with van der Waals surface area (Å²) in [5.74, 6) is 0.890. The van der Waals surface area contributed by atoms with Crippen LogP contribution in [0.1, 0.15) is 104 Å². The van der Waals surface area contributed by atoms with Crippen LogP contribution in [0.3, 0.4) is 0 Å². The summed E-state index contributed by atoms with van der Waals surface area (Å²) in [4.78, 5) is 0. The Hall–Kier alpha value is -0.0800. The van der Waals surface area contributed by atoms with Crippen molar-refractivity contribution in [3.8, 4) is 0 Å². The second-order valence-electron chi connectivity index (χ2n) is 7.30. The van der Waals surface area contributed by atoms with Crippen LogP contribution in [-0.2, 0) is 9.47 Å². The number of hydrogen-bond donors (Lipinski definition) is 0. The topological polar surface area (TPSA) is 18.5 Å². The quantitative estimate of drug-likeness (QED) is 0.286. The van der Waals surface area contributed by atoms with Crippen molar-refractivity contribution in [2.24, 2.45) is 5.92 Å². The van der Waals surface area contributed by atoms with Crippen molar-refractivity contribution in [2.75, 3.05) is 6.79 Å². The fourth-order valence-corrected chi connectivity index (χ4v) is 3.41. The number of hydrogen-bond acceptors (Lipinski definition) is 2. The predicted octanol–water partition coefficient (Wildman–Crippen LogP) is 6.48. The summed E-state index contributed by atoms with van der Waals surface area (Å²) in [5.41, 5.74) is 0. The van der Waals surface area contributed by atoms with Gasteiger partial charge in [-0.05, 0) is 44.4 Å². The van der Waals surface area contributed by atoms with E-state index in [1.807, 2.05) is 0 Å². The first kappa shape index (κ1) is 20.0. The van der Waals surface area contributed by atoms with Gasteiger partial charge in [-0.1, -0.05) is 65.7 Å². The molecule has 0 aromatic carbocycles. The summed E-state index contributed by atoms with van der Waals surface area (Å²) in [5, 5.41) is 0. The Bertz CT molecular complexity index is 234. The highest BCUT2D eigenvalue weighted by atomic mass is 16.7. The molecular weight excluding hydrogens is 272 g/mol. The zero-order valence-corrected chi connectivity index (χ0v) is 15.4. The monoisotopic (exact) mass is 312 g/mol. The lowest BCUT2D eigenvalue weighted by Crippen LogP contribution is -2.23. The van der Waals surface area contributed by atoms with E-state index in [1.54, 1.807) is 0 Å². The molecule has 0 N–H and O–H groups in total. The maximum absolute atomic E-state index is 6.02. The molecule has 0 saturated heterocycles. The highest BCUT2D eigenvalue weighted by Crippen LogP contribution is 2.25. The van der Waals surface area contributed by atoms with E-state index in [2.05, 4.69) is 20.8 Å². The van der Waals surface area contributed by atoms with Gasteiger partial charge in [0.05, 0.1) is 12.2 Å². The molecule has 22 heavy (non-hydrogen) atoms. The molecule has 0 amide bonds. The molecule has 0 bridgehead atoms. The van der Waals surface area contributed by atoms with Crippen LogP contribution in [0.4, 0.5) is 0 Å². The van der Waals surface area contributed by atoms with Crippen LogP contribution in [0.25, 0.3) is 0 Å². The van der Waals surface area contributed by atoms with Gasteiger partial charge in [0.25, 0.3) is 0 Å². The highest BCUT2D eigenvalue weighted by Gasteiger charge is 2.19. The minimum absolute atomic E-state index is 0.415. The van der Waals surface area contributed by atoms with Crippen molar-refractivity contribution in [3.05, 3.63) is 0 Å². The van der Waals surface area contributed by atoms with Crippen molar-refractivity contribution in [1.82, 2.24) is 0 Å². The third kappa shape index (κ3) is 9.84. The van der Waals surface area contributed by atoms with E-state index < -0.39 is 0 Å². The van der Waals surface area contributed by atoms with Crippen LogP contribution in [0.2, 0.25) is 0 Å². The van der Waals surface area contributed by atoms with Gasteiger partial charge in [-0.2, -0.15) is 0 Å². The Balaban J connectivity index is 2.04. The summed E-state index contributed by atoms with van der Waals surface area (Å²) in [6.45, 7) is 7.39. The molecule has 0 aliphatic heterocycles. The first-order chi connectivity index (χ1) is 10.8. The Morgan fingerprint density at radius 1 is 0.818 bits per heavy atom. The van der Waals surface area contributed by atoms with Crippen molar-refractivity contribution in [2.45, 2.75) is 116 Å². The van der Waals surface area contributed by atoms with E-state index >= 15 is 0 Å². The fraction of sp³-hybridized carbons (Fsp3) is 1.00. The standard InChI is InChI=1S/C20H40O2/c1-4-6-7-8-9-10-12-19(11-5-2)21-17-22-20-15-13-18(3)14-16-20/h18-20H,4-17H2,1-3H3/t18?,19-,20?/m1/s1. The van der Waals surface area contributed by atoms with Gasteiger partial charge in [0, 0.05) is 0 Å². The molecule has 0 aromatic heterocycles. The molecule has 0 radical (unpaired) electrons. The normalized spacial score (nSPS) is 23.6. The van der Waals surface area contributed by atoms with Gasteiger partial charge < -0.3 is 9.47 Å². The second-order valence-corrected chi connectivity index (χ2v) is 7.30. The second kappa shape index (κ2) is 13.4. The smallest absolute Gasteiger partial charge is 0.147 e. The maximum Gasteiger partial charge on any atom is 0.147 e. The van der Waals surface area contributed by atoms with Crippen molar-refractivity contribution < 1.29 is 9.47 Å². The lowest BCUT2D eigenvalue weighted by Gasteiger charge is -2.27.